The van der Waals surface area contributed by atoms with Crippen LogP contribution in [0.3, 0.4) is 0 Å². The summed E-state index contributed by atoms with van der Waals surface area (Å²) >= 11 is 0. The molecule has 0 radical (unpaired) electrons. The molecular formula is C15H22O4. The van der Waals surface area contributed by atoms with Gasteiger partial charge in [-0.3, -0.25) is 4.79 Å². The van der Waals surface area contributed by atoms with Crippen molar-refractivity contribution in [2.24, 2.45) is 23.2 Å². The van der Waals surface area contributed by atoms with Gasteiger partial charge in [0.2, 0.25) is 0 Å². The van der Waals surface area contributed by atoms with Crippen molar-refractivity contribution in [2.45, 2.75) is 51.9 Å². The molecule has 0 aromatic heterocycles. The summed E-state index contributed by atoms with van der Waals surface area (Å²) in [6.45, 7) is 5.88. The largest absolute Gasteiger partial charge is 0.461 e. The van der Waals surface area contributed by atoms with E-state index in [-0.39, 0.29) is 29.8 Å². The predicted octanol–water partition coefficient (Wildman–Crippen LogP) is 1.26. The van der Waals surface area contributed by atoms with Crippen LogP contribution >= 0.6 is 0 Å². The second-order valence-corrected chi connectivity index (χ2v) is 6.72. The molecule has 0 bridgehead atoms. The van der Waals surface area contributed by atoms with Gasteiger partial charge in [-0.05, 0) is 19.8 Å². The maximum Gasteiger partial charge on any atom is 0.309 e. The molecule has 106 valence electrons. The molecule has 0 aromatic carbocycles. The zero-order valence-electron chi connectivity index (χ0n) is 11.7. The highest BCUT2D eigenvalue weighted by Crippen LogP contribution is 2.56. The van der Waals surface area contributed by atoms with Crippen LogP contribution in [0, 0.1) is 23.2 Å². The summed E-state index contributed by atoms with van der Waals surface area (Å²) in [7, 11) is 0. The maximum atomic E-state index is 11.8. The van der Waals surface area contributed by atoms with Gasteiger partial charge in [0, 0.05) is 17.3 Å². The number of aliphatic hydroxyl groups is 2. The third-order valence-electron chi connectivity index (χ3n) is 5.63. The van der Waals surface area contributed by atoms with E-state index in [1.807, 2.05) is 26.8 Å². The van der Waals surface area contributed by atoms with E-state index in [1.165, 1.54) is 5.57 Å². The van der Waals surface area contributed by atoms with Crippen molar-refractivity contribution in [3.05, 3.63) is 11.6 Å². The Balaban J connectivity index is 2.05. The van der Waals surface area contributed by atoms with Gasteiger partial charge in [-0.2, -0.15) is 0 Å². The van der Waals surface area contributed by atoms with E-state index in [9.17, 15) is 15.0 Å². The fraction of sp³-hybridized carbons (Fsp3) is 0.800. The van der Waals surface area contributed by atoms with E-state index in [2.05, 4.69) is 0 Å². The monoisotopic (exact) mass is 266 g/mol. The molecule has 7 atom stereocenters. The normalized spacial score (nSPS) is 53.1. The Bertz CT molecular complexity index is 443. The Morgan fingerprint density at radius 1 is 1.42 bits per heavy atom. The van der Waals surface area contributed by atoms with Crippen molar-refractivity contribution < 1.29 is 19.7 Å². The second kappa shape index (κ2) is 4.06. The van der Waals surface area contributed by atoms with E-state index in [0.717, 1.165) is 0 Å². The predicted molar refractivity (Wildman–Crippen MR) is 69.1 cm³/mol. The first-order chi connectivity index (χ1) is 8.86. The first kappa shape index (κ1) is 13.1. The molecule has 3 rings (SSSR count). The molecule has 2 aliphatic carbocycles. The number of ether oxygens (including phenoxy) is 1. The van der Waals surface area contributed by atoms with Gasteiger partial charge in [-0.1, -0.05) is 25.5 Å². The average Bonchev–Trinajstić information content (AvgIpc) is 2.61. The van der Waals surface area contributed by atoms with E-state index < -0.39 is 17.6 Å². The lowest BCUT2D eigenvalue weighted by atomic mass is 9.54. The van der Waals surface area contributed by atoms with Crippen molar-refractivity contribution >= 4 is 5.97 Å². The standard InChI is InChI=1S/C15H22O4/c1-7-4-5-10(17)15(3)6-9(16)11-8(2)14(18)19-13(11)12(7)15/h4,8-13,16-17H,5-6H2,1-3H3. The van der Waals surface area contributed by atoms with E-state index >= 15 is 0 Å². The molecule has 2 N–H and O–H groups in total. The van der Waals surface area contributed by atoms with Crippen LogP contribution in [0.15, 0.2) is 11.6 Å². The van der Waals surface area contributed by atoms with Crippen LogP contribution in [-0.4, -0.2) is 34.5 Å². The number of esters is 1. The molecule has 1 aliphatic heterocycles. The van der Waals surface area contributed by atoms with Gasteiger partial charge in [-0.15, -0.1) is 0 Å². The maximum absolute atomic E-state index is 11.8. The molecule has 1 heterocycles. The molecule has 0 spiro atoms. The minimum absolute atomic E-state index is 0.0264. The number of fused-ring (bicyclic) bond motifs is 3. The van der Waals surface area contributed by atoms with Crippen LogP contribution in [0.5, 0.6) is 0 Å². The molecule has 4 nitrogen and oxygen atoms in total. The summed E-state index contributed by atoms with van der Waals surface area (Å²) in [4.78, 5) is 11.8. The summed E-state index contributed by atoms with van der Waals surface area (Å²) < 4.78 is 5.55. The molecule has 3 aliphatic rings. The first-order valence-corrected chi connectivity index (χ1v) is 7.09. The van der Waals surface area contributed by atoms with Crippen LogP contribution in [0.1, 0.15) is 33.6 Å². The topological polar surface area (TPSA) is 66.8 Å². The molecule has 1 saturated heterocycles. The van der Waals surface area contributed by atoms with Crippen LogP contribution in [0.2, 0.25) is 0 Å². The highest BCUT2D eigenvalue weighted by Gasteiger charge is 2.61. The first-order valence-electron chi connectivity index (χ1n) is 7.09. The number of carbonyl (C=O) groups excluding carboxylic acids is 1. The quantitative estimate of drug-likeness (QED) is 0.512. The Morgan fingerprint density at radius 2 is 2.11 bits per heavy atom. The van der Waals surface area contributed by atoms with Crippen LogP contribution in [0.25, 0.3) is 0 Å². The Morgan fingerprint density at radius 3 is 2.79 bits per heavy atom. The molecule has 4 heteroatoms. The highest BCUT2D eigenvalue weighted by molar-refractivity contribution is 5.75. The Kier molecular flexibility index (Phi) is 2.81. The lowest BCUT2D eigenvalue weighted by Crippen LogP contribution is -2.57. The van der Waals surface area contributed by atoms with Gasteiger partial charge in [0.05, 0.1) is 18.1 Å². The molecule has 0 aromatic rings. The third kappa shape index (κ3) is 1.62. The van der Waals surface area contributed by atoms with Crippen molar-refractivity contribution in [3.8, 4) is 0 Å². The number of hydrogen-bond acceptors (Lipinski definition) is 4. The fourth-order valence-electron chi connectivity index (χ4n) is 4.51. The average molecular weight is 266 g/mol. The molecular weight excluding hydrogens is 244 g/mol. The molecule has 0 amide bonds. The van der Waals surface area contributed by atoms with Crippen molar-refractivity contribution in [1.82, 2.24) is 0 Å². The van der Waals surface area contributed by atoms with Gasteiger partial charge >= 0.3 is 5.97 Å². The third-order valence-corrected chi connectivity index (χ3v) is 5.63. The summed E-state index contributed by atoms with van der Waals surface area (Å²) in [6, 6.07) is 0. The molecule has 7 unspecified atom stereocenters. The molecule has 2 fully saturated rings. The molecule has 1 saturated carbocycles. The number of aliphatic hydroxyl groups excluding tert-OH is 2. The highest BCUT2D eigenvalue weighted by atomic mass is 16.6. The number of rotatable bonds is 0. The van der Waals surface area contributed by atoms with Crippen LogP contribution < -0.4 is 0 Å². The Hall–Kier alpha value is -0.870. The van der Waals surface area contributed by atoms with Crippen LogP contribution in [-0.2, 0) is 9.53 Å². The lowest BCUT2D eigenvalue weighted by Gasteiger charge is -2.53. The summed E-state index contributed by atoms with van der Waals surface area (Å²) in [5, 5.41) is 20.8. The van der Waals surface area contributed by atoms with Crippen molar-refractivity contribution in [3.63, 3.8) is 0 Å². The summed E-state index contributed by atoms with van der Waals surface area (Å²) in [5.74, 6) is -0.583. The van der Waals surface area contributed by atoms with E-state index in [1.54, 1.807) is 0 Å². The zero-order valence-corrected chi connectivity index (χ0v) is 11.7. The van der Waals surface area contributed by atoms with Crippen molar-refractivity contribution in [2.75, 3.05) is 0 Å². The van der Waals surface area contributed by atoms with Gasteiger partial charge in [-0.25, -0.2) is 0 Å². The number of hydrogen-bond donors (Lipinski definition) is 2. The fourth-order valence-corrected chi connectivity index (χ4v) is 4.51. The summed E-state index contributed by atoms with van der Waals surface area (Å²) in [6.07, 6.45) is 1.85. The smallest absolute Gasteiger partial charge is 0.309 e. The molecule has 19 heavy (non-hydrogen) atoms. The van der Waals surface area contributed by atoms with Gasteiger partial charge in [0.1, 0.15) is 6.10 Å². The van der Waals surface area contributed by atoms with E-state index in [0.29, 0.717) is 12.8 Å². The van der Waals surface area contributed by atoms with Crippen molar-refractivity contribution in [1.29, 1.82) is 0 Å². The number of carbonyl (C=O) groups is 1. The minimum Gasteiger partial charge on any atom is -0.461 e. The van der Waals surface area contributed by atoms with Gasteiger partial charge in [0.15, 0.2) is 0 Å². The van der Waals surface area contributed by atoms with Crippen LogP contribution in [0.4, 0.5) is 0 Å². The Labute approximate surface area is 113 Å². The van der Waals surface area contributed by atoms with E-state index in [4.69, 9.17) is 4.74 Å². The summed E-state index contributed by atoms with van der Waals surface area (Å²) in [5.41, 5.74) is 0.778. The minimum atomic E-state index is -0.576. The second-order valence-electron chi connectivity index (χ2n) is 6.72. The SMILES string of the molecule is CC1=CCC(O)C2(C)CC(O)C3C(C)C(=O)OC3C12. The van der Waals surface area contributed by atoms with Gasteiger partial charge in [0.25, 0.3) is 0 Å². The lowest BCUT2D eigenvalue weighted by molar-refractivity contribution is -0.157. The van der Waals surface area contributed by atoms with Gasteiger partial charge < -0.3 is 14.9 Å². The zero-order chi connectivity index (χ0) is 13.9.